The van der Waals surface area contributed by atoms with Crippen LogP contribution in [0.25, 0.3) is 11.3 Å². The number of thiazole rings is 1. The maximum Gasteiger partial charge on any atom is 0.362 e. The van der Waals surface area contributed by atoms with E-state index in [4.69, 9.17) is 14.5 Å². The molecule has 0 bridgehead atoms. The Labute approximate surface area is 156 Å². The molecule has 1 fully saturated rings. The third-order valence-electron chi connectivity index (χ3n) is 4.57. The number of nitrogens with zero attached hydrogens (tertiary/aromatic N) is 2. The van der Waals surface area contributed by atoms with E-state index < -0.39 is 13.9 Å². The number of hydrogen-bond donors (Lipinski definition) is 2. The van der Waals surface area contributed by atoms with Crippen molar-refractivity contribution in [2.75, 3.05) is 19.4 Å². The van der Waals surface area contributed by atoms with Crippen LogP contribution in [-0.2, 0) is 17.5 Å². The first-order valence-corrected chi connectivity index (χ1v) is 10.7. The van der Waals surface area contributed by atoms with Gasteiger partial charge in [-0.15, -0.1) is 23.7 Å². The molecular weight excluding hydrogens is 383 g/mol. The monoisotopic (exact) mass is 402 g/mol. The van der Waals surface area contributed by atoms with E-state index in [1.807, 2.05) is 17.6 Å². The Balaban J connectivity index is 0.00000182. The second-order valence-electron chi connectivity index (χ2n) is 6.30. The van der Waals surface area contributed by atoms with Gasteiger partial charge in [0.1, 0.15) is 5.75 Å². The SMILES string of the molecule is Cl.O=P(O)(O)COc1ccc(CN2CCCC2)c2c1-c1ncsc1C2. The van der Waals surface area contributed by atoms with Gasteiger partial charge in [0.2, 0.25) is 0 Å². The fourth-order valence-corrected chi connectivity index (χ4v) is 4.58. The third-order valence-corrected chi connectivity index (χ3v) is 5.87. The summed E-state index contributed by atoms with van der Waals surface area (Å²) in [5, 5.41) is 0. The number of halogens is 1. The Kier molecular flexibility index (Phi) is 5.54. The molecule has 136 valence electrons. The minimum atomic E-state index is -4.21. The standard InChI is InChI=1S/C16H19N2O4PS.ClH/c19-23(20,21)10-22-13-4-3-11(8-18-5-1-2-6-18)12-7-14-16(15(12)13)17-9-24-14;/h3-4,9H,1-2,5-8,10H2,(H2,19,20,21);1H. The lowest BCUT2D eigenvalue weighted by molar-refractivity contribution is 0.301. The fourth-order valence-electron chi connectivity index (χ4n) is 3.50. The predicted molar refractivity (Wildman–Crippen MR) is 99.7 cm³/mol. The first-order valence-electron chi connectivity index (χ1n) is 7.98. The van der Waals surface area contributed by atoms with E-state index in [0.29, 0.717) is 5.75 Å². The van der Waals surface area contributed by atoms with Gasteiger partial charge in [-0.1, -0.05) is 6.07 Å². The second-order valence-corrected chi connectivity index (χ2v) is 8.83. The van der Waals surface area contributed by atoms with E-state index >= 15 is 0 Å². The lowest BCUT2D eigenvalue weighted by Gasteiger charge is -2.19. The summed E-state index contributed by atoms with van der Waals surface area (Å²) in [7, 11) is -4.21. The Morgan fingerprint density at radius 2 is 2.04 bits per heavy atom. The van der Waals surface area contributed by atoms with Gasteiger partial charge in [0.25, 0.3) is 0 Å². The van der Waals surface area contributed by atoms with Gasteiger partial charge < -0.3 is 14.5 Å². The molecule has 0 amide bonds. The molecule has 9 heteroatoms. The Morgan fingerprint density at radius 1 is 1.28 bits per heavy atom. The number of likely N-dealkylation sites (tertiary alicyclic amines) is 1. The molecule has 1 aromatic carbocycles. The van der Waals surface area contributed by atoms with Crippen molar-refractivity contribution in [1.82, 2.24) is 9.88 Å². The van der Waals surface area contributed by atoms with Crippen molar-refractivity contribution >= 4 is 31.3 Å². The van der Waals surface area contributed by atoms with Crippen LogP contribution in [0, 0.1) is 0 Å². The van der Waals surface area contributed by atoms with Crippen molar-refractivity contribution < 1.29 is 19.1 Å². The third kappa shape index (κ3) is 3.92. The van der Waals surface area contributed by atoms with Gasteiger partial charge in [0.15, 0.2) is 6.35 Å². The van der Waals surface area contributed by atoms with E-state index in [9.17, 15) is 4.57 Å². The maximum absolute atomic E-state index is 11.1. The first kappa shape index (κ1) is 18.8. The van der Waals surface area contributed by atoms with Gasteiger partial charge in [-0.05, 0) is 43.1 Å². The van der Waals surface area contributed by atoms with Crippen LogP contribution in [0.5, 0.6) is 5.75 Å². The zero-order valence-corrected chi connectivity index (χ0v) is 16.1. The summed E-state index contributed by atoms with van der Waals surface area (Å²) in [4.78, 5) is 26.3. The molecule has 1 aliphatic carbocycles. The fraction of sp³-hybridized carbons (Fsp3) is 0.438. The van der Waals surface area contributed by atoms with E-state index in [1.54, 1.807) is 11.3 Å². The zero-order chi connectivity index (χ0) is 16.7. The summed E-state index contributed by atoms with van der Waals surface area (Å²) in [5.41, 5.74) is 6.09. The van der Waals surface area contributed by atoms with Gasteiger partial charge >= 0.3 is 7.60 Å². The lowest BCUT2D eigenvalue weighted by Crippen LogP contribution is -2.19. The summed E-state index contributed by atoms with van der Waals surface area (Å²) in [6.45, 7) is 3.17. The summed E-state index contributed by atoms with van der Waals surface area (Å²) >= 11 is 1.62. The van der Waals surface area contributed by atoms with Gasteiger partial charge in [0, 0.05) is 23.4 Å². The van der Waals surface area contributed by atoms with E-state index in [1.165, 1.54) is 28.8 Å². The van der Waals surface area contributed by atoms with Crippen molar-refractivity contribution in [3.63, 3.8) is 0 Å². The van der Waals surface area contributed by atoms with E-state index in [-0.39, 0.29) is 12.4 Å². The normalized spacial score (nSPS) is 16.4. The Bertz CT molecular complexity index is 816. The molecule has 1 aromatic heterocycles. The number of rotatable bonds is 5. The van der Waals surface area contributed by atoms with Crippen LogP contribution in [0.1, 0.15) is 28.8 Å². The highest BCUT2D eigenvalue weighted by Gasteiger charge is 2.29. The van der Waals surface area contributed by atoms with E-state index in [0.717, 1.165) is 37.3 Å². The van der Waals surface area contributed by atoms with Gasteiger partial charge in [-0.2, -0.15) is 0 Å². The topological polar surface area (TPSA) is 82.9 Å². The van der Waals surface area contributed by atoms with Crippen LogP contribution in [0.3, 0.4) is 0 Å². The minimum Gasteiger partial charge on any atom is -0.480 e. The molecule has 1 aliphatic heterocycles. The molecule has 25 heavy (non-hydrogen) atoms. The van der Waals surface area contributed by atoms with Gasteiger partial charge in [0.05, 0.1) is 11.2 Å². The molecule has 0 saturated carbocycles. The number of fused-ring (bicyclic) bond motifs is 3. The molecule has 2 aliphatic rings. The van der Waals surface area contributed by atoms with Crippen molar-refractivity contribution in [2.45, 2.75) is 25.8 Å². The summed E-state index contributed by atoms with van der Waals surface area (Å²) in [6.07, 6.45) is 2.72. The molecule has 6 nitrogen and oxygen atoms in total. The van der Waals surface area contributed by atoms with Crippen LogP contribution in [0.2, 0.25) is 0 Å². The molecule has 2 N–H and O–H groups in total. The van der Waals surface area contributed by atoms with Gasteiger partial charge in [-0.25, -0.2) is 4.98 Å². The van der Waals surface area contributed by atoms with Crippen LogP contribution in [0.4, 0.5) is 0 Å². The number of aromatic nitrogens is 1. The second kappa shape index (κ2) is 7.35. The van der Waals surface area contributed by atoms with Crippen LogP contribution in [-0.4, -0.2) is 39.1 Å². The average Bonchev–Trinajstić information content (AvgIpc) is 3.21. The first-order chi connectivity index (χ1) is 11.5. The molecule has 0 atom stereocenters. The number of benzene rings is 1. The minimum absolute atomic E-state index is 0. The molecule has 2 heterocycles. The zero-order valence-electron chi connectivity index (χ0n) is 13.6. The smallest absolute Gasteiger partial charge is 0.362 e. The molecule has 4 rings (SSSR count). The molecule has 0 radical (unpaired) electrons. The van der Waals surface area contributed by atoms with E-state index in [2.05, 4.69) is 9.88 Å². The highest BCUT2D eigenvalue weighted by molar-refractivity contribution is 7.51. The average molecular weight is 403 g/mol. The van der Waals surface area contributed by atoms with Crippen molar-refractivity contribution in [2.24, 2.45) is 0 Å². The lowest BCUT2D eigenvalue weighted by atomic mass is 10.0. The molecular formula is C16H20ClN2O4PS. The number of ether oxygens (including phenoxy) is 1. The van der Waals surface area contributed by atoms with Crippen molar-refractivity contribution in [3.8, 4) is 17.0 Å². The number of hydrogen-bond acceptors (Lipinski definition) is 5. The van der Waals surface area contributed by atoms with Crippen LogP contribution in [0.15, 0.2) is 17.6 Å². The van der Waals surface area contributed by atoms with Crippen molar-refractivity contribution in [3.05, 3.63) is 33.6 Å². The molecule has 0 spiro atoms. The highest BCUT2D eigenvalue weighted by Crippen LogP contribution is 2.46. The molecule has 1 saturated heterocycles. The highest BCUT2D eigenvalue weighted by atomic mass is 35.5. The predicted octanol–water partition coefficient (Wildman–Crippen LogP) is 3.25. The molecule has 0 unspecified atom stereocenters. The Hall–Kier alpha value is -0.950. The summed E-state index contributed by atoms with van der Waals surface area (Å²) < 4.78 is 16.6. The van der Waals surface area contributed by atoms with Crippen molar-refractivity contribution in [1.29, 1.82) is 0 Å². The van der Waals surface area contributed by atoms with Gasteiger partial charge in [-0.3, -0.25) is 9.46 Å². The molecule has 2 aromatic rings. The quantitative estimate of drug-likeness (QED) is 0.637. The van der Waals surface area contributed by atoms with Crippen LogP contribution >= 0.6 is 31.3 Å². The summed E-state index contributed by atoms with van der Waals surface area (Å²) in [6, 6.07) is 3.86. The van der Waals surface area contributed by atoms with Crippen LogP contribution < -0.4 is 4.74 Å². The largest absolute Gasteiger partial charge is 0.480 e. The maximum atomic E-state index is 11.1. The Morgan fingerprint density at radius 3 is 2.76 bits per heavy atom. The summed E-state index contributed by atoms with van der Waals surface area (Å²) in [5.74, 6) is 0.517.